The molecule has 2 rings (SSSR count). The van der Waals surface area contributed by atoms with Gasteiger partial charge >= 0.3 is 0 Å². The number of carbonyl (C=O) groups excluding carboxylic acids is 1. The highest BCUT2D eigenvalue weighted by Gasteiger charge is 2.44. The largest absolute Gasteiger partial charge is 0.394 e. The van der Waals surface area contributed by atoms with Crippen LogP contribution in [-0.4, -0.2) is 121 Å². The van der Waals surface area contributed by atoms with Crippen molar-refractivity contribution in [2.24, 2.45) is 5.73 Å². The third-order valence-corrected chi connectivity index (χ3v) is 4.22. The summed E-state index contributed by atoms with van der Waals surface area (Å²) >= 11 is 0. The molecule has 0 radical (unpaired) electrons. The minimum atomic E-state index is -1.45. The van der Waals surface area contributed by atoms with E-state index in [-0.39, 0.29) is 0 Å². The van der Waals surface area contributed by atoms with Crippen molar-refractivity contribution in [1.82, 2.24) is 5.32 Å². The van der Waals surface area contributed by atoms with Gasteiger partial charge < -0.3 is 61.4 Å². The maximum absolute atomic E-state index is 10.7. The summed E-state index contributed by atoms with van der Waals surface area (Å²) in [4.78, 5) is 10.7. The van der Waals surface area contributed by atoms with E-state index in [4.69, 9.17) is 30.5 Å². The molecule has 2 fully saturated rings. The van der Waals surface area contributed by atoms with Gasteiger partial charge in [0.05, 0.1) is 19.3 Å². The summed E-state index contributed by atoms with van der Waals surface area (Å²) in [5, 5.41) is 75.5. The summed E-state index contributed by atoms with van der Waals surface area (Å²) in [6.45, 7) is 0.216. The maximum atomic E-state index is 10.7. The Morgan fingerprint density at radius 1 is 0.852 bits per heavy atom. The number of hydrogen-bond donors (Lipinski definition) is 10. The van der Waals surface area contributed by atoms with Crippen LogP contribution in [0.25, 0.3) is 0 Å². The molecule has 0 aromatic rings. The van der Waals surface area contributed by atoms with E-state index < -0.39 is 80.4 Å². The van der Waals surface area contributed by atoms with Crippen molar-refractivity contribution in [1.29, 1.82) is 0 Å². The molecule has 2 saturated heterocycles. The van der Waals surface area contributed by atoms with Crippen LogP contribution in [0.4, 0.5) is 0 Å². The Bertz CT molecular complexity index is 466. The average molecular weight is 400 g/mol. The summed E-state index contributed by atoms with van der Waals surface area (Å²) in [5.74, 6) is -0.462. The van der Waals surface area contributed by atoms with Crippen molar-refractivity contribution >= 4 is 5.91 Å². The lowest BCUT2D eigenvalue weighted by molar-refractivity contribution is -0.253. The van der Waals surface area contributed by atoms with Gasteiger partial charge in [0, 0.05) is 6.92 Å². The monoisotopic (exact) mass is 400 g/mol. The van der Waals surface area contributed by atoms with Gasteiger partial charge in [0.2, 0.25) is 5.91 Å². The highest BCUT2D eigenvalue weighted by molar-refractivity contribution is 5.73. The molecule has 27 heavy (non-hydrogen) atoms. The molecule has 2 aliphatic rings. The van der Waals surface area contributed by atoms with Crippen molar-refractivity contribution < 1.29 is 55.1 Å². The first-order chi connectivity index (χ1) is 12.5. The van der Waals surface area contributed by atoms with Gasteiger partial charge in [-0.05, 0) is 0 Å². The molecule has 0 spiro atoms. The van der Waals surface area contributed by atoms with Gasteiger partial charge in [0.1, 0.15) is 42.7 Å². The van der Waals surface area contributed by atoms with Crippen LogP contribution in [0.2, 0.25) is 0 Å². The lowest BCUT2D eigenvalue weighted by Crippen LogP contribution is -2.63. The van der Waals surface area contributed by atoms with Crippen LogP contribution in [0.15, 0.2) is 0 Å². The summed E-state index contributed by atoms with van der Waals surface area (Å²) in [6, 6.07) is -2.14. The van der Waals surface area contributed by atoms with E-state index in [9.17, 15) is 30.3 Å². The Morgan fingerprint density at radius 2 is 1.30 bits per heavy atom. The molecule has 0 saturated carbocycles. The van der Waals surface area contributed by atoms with E-state index in [0.29, 0.717) is 0 Å². The summed E-state index contributed by atoms with van der Waals surface area (Å²) in [5.41, 5.74) is 5.26. The Kier molecular flexibility index (Phi) is 9.40. The molecular weight excluding hydrogens is 372 g/mol. The first kappa shape index (κ1) is 24.1. The van der Waals surface area contributed by atoms with Crippen molar-refractivity contribution in [3.05, 3.63) is 0 Å². The highest BCUT2D eigenvalue weighted by Crippen LogP contribution is 2.19. The SMILES string of the molecule is CC(=O)N[C@@H]1[C@@H](O)[C@H](O)[C@@H](CO)O[C@@H]1O.N[C@@H]1[C@@H](O)[C@H](O)[C@@H](CO)O[C@H]1O. The minimum absolute atomic E-state index is 0.462. The molecule has 13 nitrogen and oxygen atoms in total. The molecule has 1 amide bonds. The number of aliphatic hydroxyl groups excluding tert-OH is 8. The van der Waals surface area contributed by atoms with Gasteiger partial charge in [-0.2, -0.15) is 0 Å². The smallest absolute Gasteiger partial charge is 0.217 e. The fourth-order valence-electron chi connectivity index (χ4n) is 2.61. The molecule has 0 unspecified atom stereocenters. The lowest BCUT2D eigenvalue weighted by Gasteiger charge is -2.40. The van der Waals surface area contributed by atoms with Gasteiger partial charge in [-0.3, -0.25) is 4.79 Å². The molecule has 0 aromatic heterocycles. The van der Waals surface area contributed by atoms with Gasteiger partial charge in [-0.1, -0.05) is 0 Å². The van der Waals surface area contributed by atoms with E-state index >= 15 is 0 Å². The van der Waals surface area contributed by atoms with Crippen molar-refractivity contribution in [3.8, 4) is 0 Å². The molecular formula is C14H28N2O11. The second kappa shape index (κ2) is 10.5. The molecule has 2 aliphatic heterocycles. The van der Waals surface area contributed by atoms with Gasteiger partial charge in [0.15, 0.2) is 12.6 Å². The molecule has 2 heterocycles. The third kappa shape index (κ3) is 6.00. The Labute approximate surface area is 154 Å². The van der Waals surface area contributed by atoms with E-state index in [1.54, 1.807) is 0 Å². The number of amides is 1. The number of nitrogens with two attached hydrogens (primary N) is 1. The zero-order chi connectivity index (χ0) is 20.9. The number of nitrogens with one attached hydrogen (secondary N) is 1. The number of hydrogen-bond acceptors (Lipinski definition) is 12. The fraction of sp³-hybridized carbons (Fsp3) is 0.929. The van der Waals surface area contributed by atoms with Gasteiger partial charge in [-0.15, -0.1) is 0 Å². The maximum Gasteiger partial charge on any atom is 0.217 e. The second-order valence-corrected chi connectivity index (χ2v) is 6.26. The standard InChI is InChI=1S/C8H15NO6.C6H13NO5/c1-3(11)9-5-7(13)6(12)4(2-10)15-8(5)14;7-3-5(10)4(9)2(1-8)12-6(3)11/h4-8,10,12-14H,2H2,1H3,(H,9,11);2-6,8-11H,1,7H2/t4-,5-,6-,7-,8+;2-,3-,4-,5-,6-/m11/s1. The van der Waals surface area contributed by atoms with Crippen molar-refractivity contribution in [2.45, 2.75) is 68.2 Å². The number of ether oxygens (including phenoxy) is 2. The lowest BCUT2D eigenvalue weighted by atomic mass is 9.97. The van der Waals surface area contributed by atoms with Crippen LogP contribution in [0.1, 0.15) is 6.92 Å². The number of aliphatic hydroxyl groups is 8. The average Bonchev–Trinajstić information content (AvgIpc) is 2.63. The van der Waals surface area contributed by atoms with Crippen LogP contribution in [0, 0.1) is 0 Å². The number of rotatable bonds is 3. The molecule has 0 aliphatic carbocycles. The van der Waals surface area contributed by atoms with Crippen LogP contribution < -0.4 is 11.1 Å². The molecule has 0 bridgehead atoms. The van der Waals surface area contributed by atoms with Crippen LogP contribution >= 0.6 is 0 Å². The third-order valence-electron chi connectivity index (χ3n) is 4.22. The van der Waals surface area contributed by atoms with Crippen LogP contribution in [-0.2, 0) is 14.3 Å². The zero-order valence-electron chi connectivity index (χ0n) is 14.6. The topological polar surface area (TPSA) is 235 Å². The van der Waals surface area contributed by atoms with Crippen LogP contribution in [0.3, 0.4) is 0 Å². The van der Waals surface area contributed by atoms with Crippen molar-refractivity contribution in [2.75, 3.05) is 13.2 Å². The summed E-state index contributed by atoms with van der Waals surface area (Å²) in [6.07, 6.45) is -10.1. The predicted octanol–water partition coefficient (Wildman–Crippen LogP) is -6.33. The summed E-state index contributed by atoms with van der Waals surface area (Å²) < 4.78 is 9.51. The quantitative estimate of drug-likeness (QED) is 0.213. The predicted molar refractivity (Wildman–Crippen MR) is 85.5 cm³/mol. The second-order valence-electron chi connectivity index (χ2n) is 6.26. The zero-order valence-corrected chi connectivity index (χ0v) is 14.6. The molecule has 13 heteroatoms. The summed E-state index contributed by atoms with van der Waals surface area (Å²) in [7, 11) is 0. The Morgan fingerprint density at radius 3 is 1.74 bits per heavy atom. The first-order valence-corrected chi connectivity index (χ1v) is 8.18. The molecule has 10 atom stereocenters. The van der Waals surface area contributed by atoms with E-state index in [1.165, 1.54) is 6.92 Å². The van der Waals surface area contributed by atoms with Gasteiger partial charge in [0.25, 0.3) is 0 Å². The van der Waals surface area contributed by atoms with E-state index in [0.717, 1.165) is 0 Å². The Hall–Kier alpha value is -0.970. The van der Waals surface area contributed by atoms with E-state index in [2.05, 4.69) is 5.32 Å². The van der Waals surface area contributed by atoms with Crippen molar-refractivity contribution in [3.63, 3.8) is 0 Å². The normalized spacial score (nSPS) is 44.8. The molecule has 11 N–H and O–H groups in total. The molecule has 160 valence electrons. The van der Waals surface area contributed by atoms with Crippen LogP contribution in [0.5, 0.6) is 0 Å². The molecule has 0 aromatic carbocycles. The van der Waals surface area contributed by atoms with Gasteiger partial charge in [-0.25, -0.2) is 0 Å². The fourth-order valence-corrected chi connectivity index (χ4v) is 2.61. The highest BCUT2D eigenvalue weighted by atomic mass is 16.6. The minimum Gasteiger partial charge on any atom is -0.394 e. The first-order valence-electron chi connectivity index (χ1n) is 8.18. The number of carbonyl (C=O) groups is 1. The Balaban J connectivity index is 0.000000277. The van der Waals surface area contributed by atoms with E-state index in [1.807, 2.05) is 0 Å².